The van der Waals surface area contributed by atoms with Gasteiger partial charge >= 0.3 is 11.7 Å². The van der Waals surface area contributed by atoms with Gasteiger partial charge in [0.05, 0.1) is 18.2 Å². The molecule has 2 N–H and O–H groups in total. The predicted molar refractivity (Wildman–Crippen MR) is 157 cm³/mol. The molecule has 2 fully saturated rings. The minimum absolute atomic E-state index is 0.000142. The van der Waals surface area contributed by atoms with Gasteiger partial charge in [-0.05, 0) is 62.1 Å². The molecule has 218 valence electrons. The Morgan fingerprint density at radius 3 is 2.61 bits per heavy atom. The lowest BCUT2D eigenvalue weighted by Gasteiger charge is -2.34. The van der Waals surface area contributed by atoms with Crippen LogP contribution >= 0.6 is 0 Å². The van der Waals surface area contributed by atoms with Crippen molar-refractivity contribution in [2.45, 2.75) is 77.4 Å². The molecule has 1 aromatic carbocycles. The molecule has 41 heavy (non-hydrogen) atoms. The first-order valence-electron chi connectivity index (χ1n) is 14.7. The van der Waals surface area contributed by atoms with Gasteiger partial charge in [-0.3, -0.25) is 13.9 Å². The Morgan fingerprint density at radius 1 is 1.10 bits per heavy atom. The van der Waals surface area contributed by atoms with Gasteiger partial charge < -0.3 is 20.1 Å². The zero-order valence-corrected chi connectivity index (χ0v) is 24.0. The topological polar surface area (TPSA) is 139 Å². The number of anilines is 2. The molecule has 0 bridgehead atoms. The number of aromatic nitrogens is 4. The van der Waals surface area contributed by atoms with E-state index >= 15 is 0 Å². The number of nitrogens with zero attached hydrogens (tertiary/aromatic N) is 7. The highest BCUT2D eigenvalue weighted by atomic mass is 16.5. The number of nitriles is 1. The number of hydrogen-bond acceptors (Lipinski definition) is 9. The summed E-state index contributed by atoms with van der Waals surface area (Å²) in [7, 11) is 0. The van der Waals surface area contributed by atoms with Crippen molar-refractivity contribution in [2.75, 3.05) is 36.0 Å². The molecule has 0 unspecified atom stereocenters. The second-order valence-corrected chi connectivity index (χ2v) is 11.7. The maximum atomic E-state index is 13.8. The summed E-state index contributed by atoms with van der Waals surface area (Å²) < 4.78 is 8.49. The van der Waals surface area contributed by atoms with Crippen molar-refractivity contribution < 1.29 is 4.52 Å². The van der Waals surface area contributed by atoms with Crippen LogP contribution in [0.3, 0.4) is 0 Å². The highest BCUT2D eigenvalue weighted by molar-refractivity contribution is 5.41. The van der Waals surface area contributed by atoms with Gasteiger partial charge in [0.25, 0.3) is 5.56 Å². The molecular formula is C30H40N8O3. The molecule has 5 rings (SSSR count). The van der Waals surface area contributed by atoms with E-state index in [0.717, 1.165) is 69.5 Å². The molecule has 2 aliphatic rings. The molecule has 1 atom stereocenters. The van der Waals surface area contributed by atoms with Crippen LogP contribution in [0.1, 0.15) is 75.2 Å². The first-order chi connectivity index (χ1) is 19.8. The standard InChI is InChI=1S/C30H40N8O3/c1-21(2)28-33-29(41-34-28)35-14-10-22(11-15-35)8-4-13-37-27(39)17-26(36-12-5-9-25(32)20-36)38(30(37)40)19-24-7-3-6-23(16-24)18-31/h3,6-7,16-17,21-22,25H,4-5,8-15,19-20,32H2,1-2H3/t25-/m1/s1. The molecule has 3 aromatic rings. The lowest BCUT2D eigenvalue weighted by molar-refractivity contribution is 0.337. The largest absolute Gasteiger partial charge is 0.356 e. The van der Waals surface area contributed by atoms with Crippen LogP contribution in [-0.4, -0.2) is 51.5 Å². The van der Waals surface area contributed by atoms with Crippen molar-refractivity contribution in [3.05, 3.63) is 68.1 Å². The summed E-state index contributed by atoms with van der Waals surface area (Å²) in [6, 6.07) is 11.6. The quantitative estimate of drug-likeness (QED) is 0.418. The SMILES string of the molecule is CC(C)c1noc(N2CCC(CCCn3c(=O)cc(N4CCC[C@@H](N)C4)n(Cc4cccc(C#N)c4)c3=O)CC2)n1. The number of piperidine rings is 2. The third-order valence-electron chi connectivity index (χ3n) is 8.26. The summed E-state index contributed by atoms with van der Waals surface area (Å²) in [6.45, 7) is 7.79. The van der Waals surface area contributed by atoms with Crippen molar-refractivity contribution in [1.82, 2.24) is 19.3 Å². The van der Waals surface area contributed by atoms with Gasteiger partial charge in [0.15, 0.2) is 5.82 Å². The monoisotopic (exact) mass is 560 g/mol. The summed E-state index contributed by atoms with van der Waals surface area (Å²) in [5.41, 5.74) is 7.02. The number of benzene rings is 1. The van der Waals surface area contributed by atoms with Gasteiger partial charge in [0.2, 0.25) is 0 Å². The molecule has 0 spiro atoms. The van der Waals surface area contributed by atoms with Gasteiger partial charge in [0, 0.05) is 50.7 Å². The Bertz CT molecular complexity index is 1490. The van der Waals surface area contributed by atoms with Crippen LogP contribution in [0.4, 0.5) is 11.8 Å². The number of rotatable bonds is 9. The molecule has 0 radical (unpaired) electrons. The van der Waals surface area contributed by atoms with Crippen LogP contribution in [0.15, 0.2) is 44.4 Å². The Hall–Kier alpha value is -3.91. The Morgan fingerprint density at radius 2 is 1.90 bits per heavy atom. The average molecular weight is 561 g/mol. The van der Waals surface area contributed by atoms with Crippen LogP contribution in [-0.2, 0) is 13.1 Å². The van der Waals surface area contributed by atoms with Gasteiger partial charge in [0.1, 0.15) is 5.82 Å². The number of hydrogen-bond donors (Lipinski definition) is 1. The molecule has 0 amide bonds. The highest BCUT2D eigenvalue weighted by Crippen LogP contribution is 2.26. The molecule has 0 aliphatic carbocycles. The summed E-state index contributed by atoms with van der Waals surface area (Å²) in [4.78, 5) is 35.8. The second kappa shape index (κ2) is 12.7. The maximum absolute atomic E-state index is 13.8. The molecule has 11 nitrogen and oxygen atoms in total. The molecule has 0 saturated carbocycles. The van der Waals surface area contributed by atoms with E-state index in [2.05, 4.69) is 26.0 Å². The maximum Gasteiger partial charge on any atom is 0.332 e. The predicted octanol–water partition coefficient (Wildman–Crippen LogP) is 3.06. The first kappa shape index (κ1) is 28.6. The smallest absolute Gasteiger partial charge is 0.332 e. The molecule has 2 saturated heterocycles. The normalized spacial score (nSPS) is 18.2. The molecule has 2 aliphatic heterocycles. The highest BCUT2D eigenvalue weighted by Gasteiger charge is 2.25. The Labute approximate surface area is 240 Å². The van der Waals surface area contributed by atoms with E-state index in [1.165, 1.54) is 4.57 Å². The van der Waals surface area contributed by atoms with Crippen molar-refractivity contribution >= 4 is 11.8 Å². The van der Waals surface area contributed by atoms with E-state index < -0.39 is 0 Å². The lowest BCUT2D eigenvalue weighted by Crippen LogP contribution is -2.48. The minimum atomic E-state index is -0.318. The van der Waals surface area contributed by atoms with Crippen molar-refractivity contribution in [2.24, 2.45) is 11.7 Å². The Kier molecular flexibility index (Phi) is 8.88. The number of nitrogens with two attached hydrogens (primary N) is 1. The van der Waals surface area contributed by atoms with E-state index in [1.807, 2.05) is 26.0 Å². The molecular weight excluding hydrogens is 520 g/mol. The van der Waals surface area contributed by atoms with Gasteiger partial charge in [-0.15, -0.1) is 0 Å². The van der Waals surface area contributed by atoms with Gasteiger partial charge in [-0.25, -0.2) is 4.79 Å². The fourth-order valence-corrected chi connectivity index (χ4v) is 5.90. The summed E-state index contributed by atoms with van der Waals surface area (Å²) in [5, 5.41) is 13.4. The lowest BCUT2D eigenvalue weighted by atomic mass is 9.92. The van der Waals surface area contributed by atoms with E-state index in [4.69, 9.17) is 10.3 Å². The second-order valence-electron chi connectivity index (χ2n) is 11.7. The van der Waals surface area contributed by atoms with Crippen LogP contribution in [0.25, 0.3) is 0 Å². The van der Waals surface area contributed by atoms with E-state index in [0.29, 0.717) is 36.4 Å². The van der Waals surface area contributed by atoms with Crippen LogP contribution in [0.5, 0.6) is 0 Å². The minimum Gasteiger partial charge on any atom is -0.356 e. The summed E-state index contributed by atoms with van der Waals surface area (Å²) in [6.07, 6.45) is 5.52. The fraction of sp³-hybridized carbons (Fsp3) is 0.567. The summed E-state index contributed by atoms with van der Waals surface area (Å²) >= 11 is 0. The van der Waals surface area contributed by atoms with E-state index in [-0.39, 0.29) is 29.8 Å². The average Bonchev–Trinajstić information content (AvgIpc) is 3.48. The zero-order valence-electron chi connectivity index (χ0n) is 24.0. The van der Waals surface area contributed by atoms with Crippen molar-refractivity contribution in [3.8, 4) is 6.07 Å². The summed E-state index contributed by atoms with van der Waals surface area (Å²) in [5.74, 6) is 2.07. The molecule has 4 heterocycles. The molecule has 11 heteroatoms. The van der Waals surface area contributed by atoms with Crippen molar-refractivity contribution in [1.29, 1.82) is 5.26 Å². The third kappa shape index (κ3) is 6.70. The first-order valence-corrected chi connectivity index (χ1v) is 14.7. The van der Waals surface area contributed by atoms with Crippen molar-refractivity contribution in [3.63, 3.8) is 0 Å². The van der Waals surface area contributed by atoms with Crippen LogP contribution < -0.4 is 26.8 Å². The zero-order chi connectivity index (χ0) is 28.9. The van der Waals surface area contributed by atoms with E-state index in [1.54, 1.807) is 22.8 Å². The Balaban J connectivity index is 1.28. The fourth-order valence-electron chi connectivity index (χ4n) is 5.90. The third-order valence-corrected chi connectivity index (χ3v) is 8.26. The van der Waals surface area contributed by atoms with Gasteiger partial charge in [-0.2, -0.15) is 10.2 Å². The van der Waals surface area contributed by atoms with Crippen LogP contribution in [0.2, 0.25) is 0 Å². The molecule has 2 aromatic heterocycles. The van der Waals surface area contributed by atoms with Gasteiger partial charge in [-0.1, -0.05) is 31.1 Å². The van der Waals surface area contributed by atoms with Crippen LogP contribution in [0, 0.1) is 17.2 Å². The van der Waals surface area contributed by atoms with E-state index in [9.17, 15) is 14.9 Å².